The van der Waals surface area contributed by atoms with Crippen LogP contribution in [0.1, 0.15) is 36.5 Å². The summed E-state index contributed by atoms with van der Waals surface area (Å²) in [6, 6.07) is 6.81. The second-order valence-corrected chi connectivity index (χ2v) is 5.48. The number of hydrogen-bond donors (Lipinski definition) is 1. The molecule has 1 fully saturated rings. The number of aryl methyl sites for hydroxylation is 1. The van der Waals surface area contributed by atoms with Crippen LogP contribution in [0.4, 0.5) is 0 Å². The van der Waals surface area contributed by atoms with Gasteiger partial charge in [-0.3, -0.25) is 0 Å². The van der Waals surface area contributed by atoms with E-state index in [1.54, 1.807) is 0 Å². The van der Waals surface area contributed by atoms with E-state index < -0.39 is 0 Å². The maximum absolute atomic E-state index is 5.39. The van der Waals surface area contributed by atoms with E-state index in [4.69, 9.17) is 4.74 Å². The smallest absolute Gasteiger partial charge is 0.0593 e. The number of benzene rings is 1. The quantitative estimate of drug-likeness (QED) is 0.792. The average Bonchev–Trinajstić information content (AvgIpc) is 2.19. The predicted octanol–water partition coefficient (Wildman–Crippen LogP) is 3.32. The van der Waals surface area contributed by atoms with Gasteiger partial charge in [0, 0.05) is 5.75 Å². The molecule has 2 heteroatoms. The van der Waals surface area contributed by atoms with Crippen LogP contribution in [-0.4, -0.2) is 19.0 Å². The molecular weight excluding hydrogens is 216 g/mol. The zero-order valence-corrected chi connectivity index (χ0v) is 11.2. The van der Waals surface area contributed by atoms with Crippen LogP contribution in [-0.2, 0) is 10.2 Å². The zero-order valence-electron chi connectivity index (χ0n) is 10.3. The topological polar surface area (TPSA) is 9.23 Å². The molecule has 1 aliphatic heterocycles. The van der Waals surface area contributed by atoms with Crippen molar-refractivity contribution in [3.8, 4) is 0 Å². The molecule has 1 aromatic carbocycles. The van der Waals surface area contributed by atoms with Crippen LogP contribution in [0.5, 0.6) is 0 Å². The van der Waals surface area contributed by atoms with Crippen LogP contribution < -0.4 is 0 Å². The first-order valence-electron chi connectivity index (χ1n) is 5.89. The van der Waals surface area contributed by atoms with Crippen molar-refractivity contribution in [2.24, 2.45) is 0 Å². The molecule has 0 saturated carbocycles. The largest absolute Gasteiger partial charge is 0.379 e. The lowest BCUT2D eigenvalue weighted by atomic mass is 9.77. The fourth-order valence-corrected chi connectivity index (χ4v) is 2.60. The molecule has 1 aromatic rings. The number of ether oxygens (including phenoxy) is 1. The van der Waals surface area contributed by atoms with Crippen LogP contribution >= 0.6 is 12.6 Å². The molecule has 0 radical (unpaired) electrons. The minimum Gasteiger partial charge on any atom is -0.379 e. The van der Waals surface area contributed by atoms with Crippen LogP contribution in [0.15, 0.2) is 18.2 Å². The molecule has 2 rings (SSSR count). The third-order valence-electron chi connectivity index (χ3n) is 3.56. The van der Waals surface area contributed by atoms with Crippen molar-refractivity contribution in [2.75, 3.05) is 19.0 Å². The van der Waals surface area contributed by atoms with Gasteiger partial charge in [0.15, 0.2) is 0 Å². The summed E-state index contributed by atoms with van der Waals surface area (Å²) in [7, 11) is 0. The van der Waals surface area contributed by atoms with E-state index in [0.717, 1.165) is 19.0 Å². The lowest BCUT2D eigenvalue weighted by Gasteiger charge is -2.42. The molecular formula is C14H20OS. The first-order valence-corrected chi connectivity index (χ1v) is 6.52. The van der Waals surface area contributed by atoms with Gasteiger partial charge in [-0.15, -0.1) is 0 Å². The van der Waals surface area contributed by atoms with Crippen LogP contribution in [0.2, 0.25) is 0 Å². The summed E-state index contributed by atoms with van der Waals surface area (Å²) in [5.74, 6) is 1.45. The highest BCUT2D eigenvalue weighted by molar-refractivity contribution is 7.80. The lowest BCUT2D eigenvalue weighted by molar-refractivity contribution is -0.0474. The Kier molecular flexibility index (Phi) is 3.32. The molecule has 0 aliphatic carbocycles. The molecule has 16 heavy (non-hydrogen) atoms. The van der Waals surface area contributed by atoms with Gasteiger partial charge in [0.2, 0.25) is 0 Å². The van der Waals surface area contributed by atoms with Crippen LogP contribution in [0.25, 0.3) is 0 Å². The highest BCUT2D eigenvalue weighted by Crippen LogP contribution is 2.36. The van der Waals surface area contributed by atoms with Gasteiger partial charge in [0.1, 0.15) is 0 Å². The SMILES string of the molecule is Cc1ccc(C(C)C)cc1C1(CS)COC1. The molecule has 0 atom stereocenters. The Morgan fingerprint density at radius 1 is 1.38 bits per heavy atom. The molecule has 0 amide bonds. The van der Waals surface area contributed by atoms with E-state index in [1.165, 1.54) is 16.7 Å². The maximum Gasteiger partial charge on any atom is 0.0593 e. The van der Waals surface area contributed by atoms with E-state index in [0.29, 0.717) is 5.92 Å². The Hall–Kier alpha value is -0.470. The molecule has 0 unspecified atom stereocenters. The van der Waals surface area contributed by atoms with Gasteiger partial charge in [0.25, 0.3) is 0 Å². The summed E-state index contributed by atoms with van der Waals surface area (Å²) in [5, 5.41) is 0. The molecule has 0 spiro atoms. The van der Waals surface area contributed by atoms with Crippen LogP contribution in [0.3, 0.4) is 0 Å². The van der Waals surface area contributed by atoms with Crippen molar-refractivity contribution >= 4 is 12.6 Å². The second-order valence-electron chi connectivity index (χ2n) is 5.16. The molecule has 1 heterocycles. The van der Waals surface area contributed by atoms with Gasteiger partial charge in [-0.2, -0.15) is 12.6 Å². The number of rotatable bonds is 3. The molecule has 1 aliphatic rings. The zero-order chi connectivity index (χ0) is 11.8. The van der Waals surface area contributed by atoms with Gasteiger partial charge in [0.05, 0.1) is 18.6 Å². The Bertz CT molecular complexity index is 375. The fraction of sp³-hybridized carbons (Fsp3) is 0.571. The minimum absolute atomic E-state index is 0.165. The van der Waals surface area contributed by atoms with Crippen molar-refractivity contribution in [2.45, 2.75) is 32.1 Å². The van der Waals surface area contributed by atoms with E-state index in [1.807, 2.05) is 0 Å². The molecule has 0 N–H and O–H groups in total. The molecule has 0 aromatic heterocycles. The fourth-order valence-electron chi connectivity index (χ4n) is 2.25. The highest BCUT2D eigenvalue weighted by Gasteiger charge is 2.40. The summed E-state index contributed by atoms with van der Waals surface area (Å²) in [4.78, 5) is 0. The Labute approximate surface area is 104 Å². The van der Waals surface area contributed by atoms with Gasteiger partial charge in [-0.25, -0.2) is 0 Å². The van der Waals surface area contributed by atoms with Crippen molar-refractivity contribution in [1.82, 2.24) is 0 Å². The standard InChI is InChI=1S/C14H20OS/c1-10(2)12-5-4-11(3)13(6-12)14(9-16)7-15-8-14/h4-6,10,16H,7-9H2,1-3H3. The maximum atomic E-state index is 5.39. The minimum atomic E-state index is 0.165. The normalized spacial score (nSPS) is 18.6. The molecule has 1 nitrogen and oxygen atoms in total. The lowest BCUT2D eigenvalue weighted by Crippen LogP contribution is -2.48. The van der Waals surface area contributed by atoms with E-state index in [2.05, 4.69) is 51.6 Å². The second kappa shape index (κ2) is 4.42. The van der Waals surface area contributed by atoms with Crippen molar-refractivity contribution < 1.29 is 4.74 Å². The van der Waals surface area contributed by atoms with Gasteiger partial charge in [-0.1, -0.05) is 32.0 Å². The monoisotopic (exact) mass is 236 g/mol. The summed E-state index contributed by atoms with van der Waals surface area (Å²) < 4.78 is 5.39. The van der Waals surface area contributed by atoms with E-state index in [-0.39, 0.29) is 5.41 Å². The number of thiol groups is 1. The van der Waals surface area contributed by atoms with Crippen LogP contribution in [0, 0.1) is 6.92 Å². The third-order valence-corrected chi connectivity index (χ3v) is 4.16. The van der Waals surface area contributed by atoms with E-state index in [9.17, 15) is 0 Å². The average molecular weight is 236 g/mol. The van der Waals surface area contributed by atoms with Crippen molar-refractivity contribution in [3.63, 3.8) is 0 Å². The van der Waals surface area contributed by atoms with Gasteiger partial charge in [-0.05, 0) is 29.5 Å². The third kappa shape index (κ3) is 1.89. The molecule has 88 valence electrons. The van der Waals surface area contributed by atoms with Gasteiger partial charge < -0.3 is 4.74 Å². The van der Waals surface area contributed by atoms with E-state index >= 15 is 0 Å². The molecule has 1 saturated heterocycles. The number of hydrogen-bond acceptors (Lipinski definition) is 2. The predicted molar refractivity (Wildman–Crippen MR) is 71.6 cm³/mol. The Morgan fingerprint density at radius 3 is 2.50 bits per heavy atom. The first kappa shape index (κ1) is 12.0. The van der Waals surface area contributed by atoms with Gasteiger partial charge >= 0.3 is 0 Å². The Balaban J connectivity index is 2.42. The first-order chi connectivity index (χ1) is 7.59. The summed E-state index contributed by atoms with van der Waals surface area (Å²) in [6.07, 6.45) is 0. The van der Waals surface area contributed by atoms with Crippen molar-refractivity contribution in [1.29, 1.82) is 0 Å². The highest BCUT2D eigenvalue weighted by atomic mass is 32.1. The van der Waals surface area contributed by atoms with Crippen molar-refractivity contribution in [3.05, 3.63) is 34.9 Å². The summed E-state index contributed by atoms with van der Waals surface area (Å²) in [5.41, 5.74) is 4.37. The Morgan fingerprint density at radius 2 is 2.06 bits per heavy atom. The summed E-state index contributed by atoms with van der Waals surface area (Å²) >= 11 is 4.50. The molecule has 0 bridgehead atoms. The summed E-state index contributed by atoms with van der Waals surface area (Å²) in [6.45, 7) is 8.29.